The summed E-state index contributed by atoms with van der Waals surface area (Å²) in [5.74, 6) is 1.58. The minimum absolute atomic E-state index is 0. The molecule has 1 N–H and O–H groups in total. The zero-order valence-electron chi connectivity index (χ0n) is 11.6. The Morgan fingerprint density at radius 3 is 2.60 bits per heavy atom. The summed E-state index contributed by atoms with van der Waals surface area (Å²) in [4.78, 5) is 14.7. The Balaban J connectivity index is 0.00000147. The molecule has 2 saturated heterocycles. The van der Waals surface area contributed by atoms with E-state index in [4.69, 9.17) is 0 Å². The molecule has 1 aromatic rings. The average molecular weight is 313 g/mol. The molecule has 2 atom stereocenters. The largest absolute Gasteiger partial charge is 0.333 e. The number of benzene rings is 1. The van der Waals surface area contributed by atoms with Gasteiger partial charge in [-0.25, -0.2) is 0 Å². The lowest BCUT2D eigenvalue weighted by atomic mass is 9.97. The molecule has 5 heteroatoms. The molecule has 0 spiro atoms. The third-order valence-corrected chi connectivity index (χ3v) is 5.25. The van der Waals surface area contributed by atoms with Crippen molar-refractivity contribution >= 4 is 30.1 Å². The van der Waals surface area contributed by atoms with Crippen LogP contribution in [-0.2, 0) is 4.79 Å². The second kappa shape index (κ2) is 6.83. The average Bonchev–Trinajstić information content (AvgIpc) is 2.37. The van der Waals surface area contributed by atoms with Crippen LogP contribution in [0.15, 0.2) is 30.3 Å². The van der Waals surface area contributed by atoms with Gasteiger partial charge in [-0.05, 0) is 5.56 Å². The third kappa shape index (κ3) is 2.97. The molecule has 0 aromatic heterocycles. The predicted molar refractivity (Wildman–Crippen MR) is 86.4 cm³/mol. The summed E-state index contributed by atoms with van der Waals surface area (Å²) in [7, 11) is 0. The first-order valence-corrected chi connectivity index (χ1v) is 8.00. The molecule has 2 unspecified atom stereocenters. The van der Waals surface area contributed by atoms with Gasteiger partial charge in [-0.3, -0.25) is 4.79 Å². The molecule has 0 radical (unpaired) electrons. The number of nitrogens with zero attached hydrogens (tertiary/aromatic N) is 1. The van der Waals surface area contributed by atoms with E-state index in [1.807, 2.05) is 17.8 Å². The Labute approximate surface area is 130 Å². The second-order valence-corrected chi connectivity index (χ2v) is 6.80. The van der Waals surface area contributed by atoms with Gasteiger partial charge in [-0.1, -0.05) is 37.3 Å². The van der Waals surface area contributed by atoms with E-state index in [2.05, 4.69) is 41.4 Å². The molecule has 2 fully saturated rings. The summed E-state index contributed by atoms with van der Waals surface area (Å²) in [6.07, 6.45) is 0. The van der Waals surface area contributed by atoms with Gasteiger partial charge in [0.25, 0.3) is 0 Å². The van der Waals surface area contributed by atoms with Crippen molar-refractivity contribution in [2.45, 2.75) is 18.2 Å². The van der Waals surface area contributed by atoms with Gasteiger partial charge in [0.2, 0.25) is 5.91 Å². The van der Waals surface area contributed by atoms with Crippen molar-refractivity contribution in [1.29, 1.82) is 0 Å². The van der Waals surface area contributed by atoms with Crippen LogP contribution in [0.25, 0.3) is 0 Å². The topological polar surface area (TPSA) is 32.3 Å². The van der Waals surface area contributed by atoms with E-state index in [0.29, 0.717) is 11.2 Å². The number of hydrogen-bond acceptors (Lipinski definition) is 3. The molecule has 1 amide bonds. The van der Waals surface area contributed by atoms with Crippen molar-refractivity contribution in [1.82, 2.24) is 10.2 Å². The predicted octanol–water partition coefficient (Wildman–Crippen LogP) is 2.33. The van der Waals surface area contributed by atoms with Crippen molar-refractivity contribution in [3.05, 3.63) is 35.9 Å². The number of thioether (sulfide) groups is 1. The summed E-state index contributed by atoms with van der Waals surface area (Å²) < 4.78 is 0. The molecular formula is C15H21ClN2OS. The number of carbonyl (C=O) groups excluding carboxylic acids is 1. The first-order valence-electron chi connectivity index (χ1n) is 6.95. The van der Waals surface area contributed by atoms with E-state index in [9.17, 15) is 4.79 Å². The first-order chi connectivity index (χ1) is 9.27. The molecule has 2 aliphatic rings. The normalized spacial score (nSPS) is 26.6. The summed E-state index contributed by atoms with van der Waals surface area (Å²) in [6.45, 7) is 4.81. The molecule has 0 saturated carbocycles. The van der Waals surface area contributed by atoms with E-state index >= 15 is 0 Å². The van der Waals surface area contributed by atoms with Crippen LogP contribution in [-0.4, -0.2) is 41.4 Å². The van der Waals surface area contributed by atoms with Crippen molar-refractivity contribution in [3.8, 4) is 0 Å². The number of amides is 1. The highest BCUT2D eigenvalue weighted by Crippen LogP contribution is 2.36. The molecule has 2 heterocycles. The zero-order valence-corrected chi connectivity index (χ0v) is 13.3. The van der Waals surface area contributed by atoms with Gasteiger partial charge in [0.15, 0.2) is 0 Å². The monoisotopic (exact) mass is 312 g/mol. The Hall–Kier alpha value is -0.710. The first kappa shape index (κ1) is 15.7. The maximum atomic E-state index is 12.6. The van der Waals surface area contributed by atoms with Crippen LogP contribution >= 0.6 is 24.2 Å². The van der Waals surface area contributed by atoms with E-state index in [0.717, 1.165) is 25.4 Å². The molecule has 3 rings (SSSR count). The number of hydrogen-bond donors (Lipinski definition) is 1. The van der Waals surface area contributed by atoms with Gasteiger partial charge >= 0.3 is 0 Å². The lowest BCUT2D eigenvalue weighted by Crippen LogP contribution is -2.55. The standard InChI is InChI=1S/C15H20N2OS.ClH/c1-11-14(12-5-3-2-4-6-12)17(7-8-19-11)15(18)13-9-16-10-13;/h2-6,11,13-14,16H,7-10H2,1H3;1H. The van der Waals surface area contributed by atoms with Gasteiger partial charge in [-0.2, -0.15) is 11.8 Å². The summed E-state index contributed by atoms with van der Waals surface area (Å²) >= 11 is 1.97. The van der Waals surface area contributed by atoms with Crippen molar-refractivity contribution in [2.75, 3.05) is 25.4 Å². The van der Waals surface area contributed by atoms with Gasteiger partial charge in [0, 0.05) is 30.6 Å². The molecule has 1 aromatic carbocycles. The Bertz CT molecular complexity index is 452. The molecule has 0 bridgehead atoms. The molecule has 2 aliphatic heterocycles. The van der Waals surface area contributed by atoms with E-state index < -0.39 is 0 Å². The maximum absolute atomic E-state index is 12.6. The summed E-state index contributed by atoms with van der Waals surface area (Å²) in [5, 5.41) is 3.66. The lowest BCUT2D eigenvalue weighted by molar-refractivity contribution is -0.139. The molecule has 3 nitrogen and oxygen atoms in total. The smallest absolute Gasteiger partial charge is 0.228 e. The lowest BCUT2D eigenvalue weighted by Gasteiger charge is -2.43. The van der Waals surface area contributed by atoms with E-state index in [1.165, 1.54) is 5.56 Å². The minimum Gasteiger partial charge on any atom is -0.333 e. The third-order valence-electron chi connectivity index (χ3n) is 4.05. The fraction of sp³-hybridized carbons (Fsp3) is 0.533. The number of rotatable bonds is 2. The van der Waals surface area contributed by atoms with Crippen molar-refractivity contribution < 1.29 is 4.79 Å². The highest BCUT2D eigenvalue weighted by Gasteiger charge is 2.37. The number of carbonyl (C=O) groups is 1. The van der Waals surface area contributed by atoms with Crippen LogP contribution in [0.4, 0.5) is 0 Å². The zero-order chi connectivity index (χ0) is 13.2. The fourth-order valence-corrected chi connectivity index (χ4v) is 4.03. The summed E-state index contributed by atoms with van der Waals surface area (Å²) in [6, 6.07) is 10.7. The van der Waals surface area contributed by atoms with Crippen LogP contribution in [0.1, 0.15) is 18.5 Å². The van der Waals surface area contributed by atoms with E-state index in [1.54, 1.807) is 0 Å². The SMILES string of the molecule is CC1SCCN(C(=O)C2CNC2)C1c1ccccc1.Cl. The molecule has 20 heavy (non-hydrogen) atoms. The minimum atomic E-state index is 0. The number of nitrogens with one attached hydrogen (secondary N) is 1. The van der Waals surface area contributed by atoms with Gasteiger partial charge < -0.3 is 10.2 Å². The van der Waals surface area contributed by atoms with Crippen LogP contribution in [0.2, 0.25) is 0 Å². The molecular weight excluding hydrogens is 292 g/mol. The van der Waals surface area contributed by atoms with E-state index in [-0.39, 0.29) is 24.4 Å². The van der Waals surface area contributed by atoms with Crippen LogP contribution < -0.4 is 5.32 Å². The Morgan fingerprint density at radius 2 is 2.00 bits per heavy atom. The van der Waals surface area contributed by atoms with Crippen molar-refractivity contribution in [3.63, 3.8) is 0 Å². The maximum Gasteiger partial charge on any atom is 0.228 e. The Kier molecular flexibility index (Phi) is 5.35. The van der Waals surface area contributed by atoms with Crippen molar-refractivity contribution in [2.24, 2.45) is 5.92 Å². The second-order valence-electron chi connectivity index (χ2n) is 5.32. The van der Waals surface area contributed by atoms with Gasteiger partial charge in [-0.15, -0.1) is 12.4 Å². The fourth-order valence-electron chi connectivity index (χ4n) is 2.87. The number of halogens is 1. The van der Waals surface area contributed by atoms with Gasteiger partial charge in [0.1, 0.15) is 0 Å². The van der Waals surface area contributed by atoms with Gasteiger partial charge in [0.05, 0.1) is 12.0 Å². The molecule has 110 valence electrons. The highest BCUT2D eigenvalue weighted by molar-refractivity contribution is 8.00. The quantitative estimate of drug-likeness (QED) is 0.909. The van der Waals surface area contributed by atoms with Crippen LogP contribution in [0, 0.1) is 5.92 Å². The highest BCUT2D eigenvalue weighted by atomic mass is 35.5. The Morgan fingerprint density at radius 1 is 1.30 bits per heavy atom. The summed E-state index contributed by atoms with van der Waals surface area (Å²) in [5.41, 5.74) is 1.27. The van der Waals surface area contributed by atoms with Crippen LogP contribution in [0.3, 0.4) is 0 Å². The molecule has 0 aliphatic carbocycles. The van der Waals surface area contributed by atoms with Crippen LogP contribution in [0.5, 0.6) is 0 Å².